The summed E-state index contributed by atoms with van der Waals surface area (Å²) < 4.78 is 0. The van der Waals surface area contributed by atoms with Crippen molar-refractivity contribution in [2.75, 3.05) is 4.90 Å². The van der Waals surface area contributed by atoms with Crippen molar-refractivity contribution in [2.45, 2.75) is 0 Å². The molecule has 0 aromatic heterocycles. The molecule has 1 heteroatoms. The molecule has 12 aromatic rings. The SMILES string of the molecule is c1ccc(-c2cc(-c3ccccc3)c3c4ccccc4c4cc(N(c5ccc(-c6cccc7ccccc67)cc5)c5cccc6ccccc56)ccc4c3c2-c2ccccc2)cc1. The molecule has 0 fully saturated rings. The van der Waals surface area contributed by atoms with Crippen molar-refractivity contribution >= 4 is 70.9 Å². The summed E-state index contributed by atoms with van der Waals surface area (Å²) in [5.74, 6) is 0. The Morgan fingerprint density at radius 3 is 1.43 bits per heavy atom. The van der Waals surface area contributed by atoms with Crippen molar-refractivity contribution in [3.63, 3.8) is 0 Å². The van der Waals surface area contributed by atoms with Crippen LogP contribution >= 0.6 is 0 Å². The minimum atomic E-state index is 1.10. The molecular weight excluding hydrogens is 759 g/mol. The van der Waals surface area contributed by atoms with Crippen LogP contribution in [0.1, 0.15) is 0 Å². The first-order valence-electron chi connectivity index (χ1n) is 21.8. The molecule has 0 amide bonds. The summed E-state index contributed by atoms with van der Waals surface area (Å²) in [5, 5.41) is 12.4. The lowest BCUT2D eigenvalue weighted by atomic mass is 9.81. The maximum atomic E-state index is 2.45. The smallest absolute Gasteiger partial charge is 0.0540 e. The van der Waals surface area contributed by atoms with Crippen molar-refractivity contribution in [3.8, 4) is 44.5 Å². The maximum absolute atomic E-state index is 2.45. The summed E-state index contributed by atoms with van der Waals surface area (Å²) in [6, 6.07) is 91.1. The highest BCUT2D eigenvalue weighted by Crippen LogP contribution is 2.50. The lowest BCUT2D eigenvalue weighted by molar-refractivity contribution is 1.30. The van der Waals surface area contributed by atoms with E-state index >= 15 is 0 Å². The third kappa shape index (κ3) is 6.25. The van der Waals surface area contributed by atoms with Gasteiger partial charge in [-0.2, -0.15) is 0 Å². The molecule has 0 spiro atoms. The standard InChI is InChI=1S/C62H41N/c1-4-18-44(19-5-1)56-41-57(45-20-6-2-7-21-45)61-54-31-15-14-30-53(54)58-40-49(38-39-55(58)62(61)60(56)47-24-8-3-9-25-47)63(59-33-17-27-43-23-11-13-29-52(43)59)48-36-34-46(35-37-48)51-32-16-26-42-22-10-12-28-50(42)51/h1-41H. The fourth-order valence-electron chi connectivity index (χ4n) is 9.97. The highest BCUT2D eigenvalue weighted by molar-refractivity contribution is 6.33. The monoisotopic (exact) mass is 799 g/mol. The lowest BCUT2D eigenvalue weighted by Crippen LogP contribution is -2.10. The zero-order chi connectivity index (χ0) is 41.7. The topological polar surface area (TPSA) is 3.24 Å². The number of fused-ring (bicyclic) bond motifs is 8. The van der Waals surface area contributed by atoms with Gasteiger partial charge in [0.15, 0.2) is 0 Å². The van der Waals surface area contributed by atoms with Gasteiger partial charge < -0.3 is 4.90 Å². The van der Waals surface area contributed by atoms with Crippen LogP contribution in [-0.4, -0.2) is 0 Å². The molecule has 0 saturated heterocycles. The molecule has 0 saturated carbocycles. The van der Waals surface area contributed by atoms with Crippen molar-refractivity contribution in [1.82, 2.24) is 0 Å². The van der Waals surface area contributed by atoms with Gasteiger partial charge in [0.25, 0.3) is 0 Å². The first-order valence-corrected chi connectivity index (χ1v) is 21.8. The Kier molecular flexibility index (Phi) is 8.90. The molecule has 12 rings (SSSR count). The third-order valence-electron chi connectivity index (χ3n) is 12.8. The second kappa shape index (κ2) is 15.3. The summed E-state index contributed by atoms with van der Waals surface area (Å²) in [5.41, 5.74) is 13.1. The van der Waals surface area contributed by atoms with E-state index in [1.807, 2.05) is 0 Å². The second-order valence-corrected chi connectivity index (χ2v) is 16.4. The highest BCUT2D eigenvalue weighted by atomic mass is 15.1. The van der Waals surface area contributed by atoms with E-state index in [1.54, 1.807) is 0 Å². The van der Waals surface area contributed by atoms with E-state index in [-0.39, 0.29) is 0 Å². The third-order valence-corrected chi connectivity index (χ3v) is 12.8. The Balaban J connectivity index is 1.16. The van der Waals surface area contributed by atoms with Gasteiger partial charge in [0.2, 0.25) is 0 Å². The zero-order valence-corrected chi connectivity index (χ0v) is 34.6. The average Bonchev–Trinajstić information content (AvgIpc) is 3.37. The number of anilines is 3. The molecule has 63 heavy (non-hydrogen) atoms. The summed E-state index contributed by atoms with van der Waals surface area (Å²) in [4.78, 5) is 2.45. The van der Waals surface area contributed by atoms with E-state index < -0.39 is 0 Å². The molecule has 12 aromatic carbocycles. The molecule has 0 radical (unpaired) electrons. The van der Waals surface area contributed by atoms with E-state index in [4.69, 9.17) is 0 Å². The van der Waals surface area contributed by atoms with Gasteiger partial charge in [-0.1, -0.05) is 212 Å². The average molecular weight is 800 g/mol. The van der Waals surface area contributed by atoms with E-state index in [0.717, 1.165) is 17.1 Å². The molecule has 294 valence electrons. The van der Waals surface area contributed by atoms with Crippen LogP contribution in [0.4, 0.5) is 17.1 Å². The molecule has 1 nitrogen and oxygen atoms in total. The van der Waals surface area contributed by atoms with Crippen molar-refractivity contribution in [3.05, 3.63) is 249 Å². The van der Waals surface area contributed by atoms with E-state index in [2.05, 4.69) is 254 Å². The Bertz CT molecular complexity index is 3640. The predicted octanol–water partition coefficient (Wildman–Crippen LogP) is 17.6. The van der Waals surface area contributed by atoms with Crippen LogP contribution in [0.3, 0.4) is 0 Å². The quantitative estimate of drug-likeness (QED) is 0.145. The van der Waals surface area contributed by atoms with Crippen molar-refractivity contribution < 1.29 is 0 Å². The van der Waals surface area contributed by atoms with Crippen LogP contribution in [-0.2, 0) is 0 Å². The fraction of sp³-hybridized carbons (Fsp3) is 0. The molecule has 0 bridgehead atoms. The molecule has 0 unspecified atom stereocenters. The van der Waals surface area contributed by atoms with Gasteiger partial charge in [-0.3, -0.25) is 0 Å². The normalized spacial score (nSPS) is 11.5. The number of hydrogen-bond donors (Lipinski definition) is 0. The van der Waals surface area contributed by atoms with Crippen LogP contribution in [0.15, 0.2) is 249 Å². The van der Waals surface area contributed by atoms with Gasteiger partial charge >= 0.3 is 0 Å². The molecular formula is C62H41N. The number of hydrogen-bond acceptors (Lipinski definition) is 1. The van der Waals surface area contributed by atoms with Gasteiger partial charge in [-0.25, -0.2) is 0 Å². The van der Waals surface area contributed by atoms with E-state index in [1.165, 1.54) is 98.4 Å². The maximum Gasteiger partial charge on any atom is 0.0540 e. The molecule has 0 atom stereocenters. The number of rotatable bonds is 7. The first kappa shape index (κ1) is 36.6. The molecule has 0 aliphatic heterocycles. The Morgan fingerprint density at radius 1 is 0.238 bits per heavy atom. The Hall–Kier alpha value is -8.26. The summed E-state index contributed by atoms with van der Waals surface area (Å²) in [6.45, 7) is 0. The largest absolute Gasteiger partial charge is 0.310 e. The van der Waals surface area contributed by atoms with E-state index in [0.29, 0.717) is 0 Å². The van der Waals surface area contributed by atoms with Gasteiger partial charge in [0, 0.05) is 16.8 Å². The lowest BCUT2D eigenvalue weighted by Gasteiger charge is -2.28. The van der Waals surface area contributed by atoms with Crippen LogP contribution in [0.5, 0.6) is 0 Å². The van der Waals surface area contributed by atoms with Gasteiger partial charge in [-0.15, -0.1) is 0 Å². The van der Waals surface area contributed by atoms with Crippen molar-refractivity contribution in [2.24, 2.45) is 0 Å². The number of nitrogens with zero attached hydrogens (tertiary/aromatic N) is 1. The molecule has 0 heterocycles. The minimum absolute atomic E-state index is 1.10. The highest BCUT2D eigenvalue weighted by Gasteiger charge is 2.23. The summed E-state index contributed by atoms with van der Waals surface area (Å²) >= 11 is 0. The summed E-state index contributed by atoms with van der Waals surface area (Å²) in [6.07, 6.45) is 0. The van der Waals surface area contributed by atoms with Gasteiger partial charge in [-0.05, 0) is 129 Å². The van der Waals surface area contributed by atoms with Crippen molar-refractivity contribution in [1.29, 1.82) is 0 Å². The Morgan fingerprint density at radius 2 is 0.730 bits per heavy atom. The summed E-state index contributed by atoms with van der Waals surface area (Å²) in [7, 11) is 0. The molecule has 0 N–H and O–H groups in total. The van der Waals surface area contributed by atoms with E-state index in [9.17, 15) is 0 Å². The van der Waals surface area contributed by atoms with Crippen LogP contribution in [0.25, 0.3) is 98.4 Å². The zero-order valence-electron chi connectivity index (χ0n) is 34.6. The van der Waals surface area contributed by atoms with Gasteiger partial charge in [0.05, 0.1) is 5.69 Å². The van der Waals surface area contributed by atoms with Gasteiger partial charge in [0.1, 0.15) is 0 Å². The minimum Gasteiger partial charge on any atom is -0.310 e. The fourth-order valence-corrected chi connectivity index (χ4v) is 9.97. The van der Waals surface area contributed by atoms with Crippen LogP contribution in [0, 0.1) is 0 Å². The first-order chi connectivity index (χ1) is 31.3. The molecule has 0 aliphatic carbocycles. The molecule has 0 aliphatic rings. The second-order valence-electron chi connectivity index (χ2n) is 16.4. The number of benzene rings is 12. The predicted molar refractivity (Wildman–Crippen MR) is 270 cm³/mol. The van der Waals surface area contributed by atoms with Crippen LogP contribution < -0.4 is 4.90 Å². The van der Waals surface area contributed by atoms with Crippen LogP contribution in [0.2, 0.25) is 0 Å². The Labute approximate surface area is 367 Å².